The lowest BCUT2D eigenvalue weighted by atomic mass is 10.2. The third-order valence-electron chi connectivity index (χ3n) is 1.92. The van der Waals surface area contributed by atoms with E-state index in [9.17, 15) is 4.79 Å². The molecule has 1 aromatic carbocycles. The van der Waals surface area contributed by atoms with Gasteiger partial charge in [-0.1, -0.05) is 0 Å². The molecule has 0 spiro atoms. The molecule has 0 radical (unpaired) electrons. The van der Waals surface area contributed by atoms with Crippen molar-refractivity contribution in [3.63, 3.8) is 0 Å². The third-order valence-corrected chi connectivity index (χ3v) is 3.49. The molecule has 2 aromatic rings. The van der Waals surface area contributed by atoms with Gasteiger partial charge in [0.15, 0.2) is 5.16 Å². The van der Waals surface area contributed by atoms with E-state index in [-0.39, 0.29) is 5.56 Å². The Kier molecular flexibility index (Phi) is 3.75. The number of hydrogen-bond acceptors (Lipinski definition) is 4. The molecule has 0 aliphatic heterocycles. The lowest BCUT2D eigenvalue weighted by Gasteiger charge is -2.03. The van der Waals surface area contributed by atoms with Gasteiger partial charge in [-0.15, -0.1) is 0 Å². The van der Waals surface area contributed by atoms with Crippen molar-refractivity contribution in [2.24, 2.45) is 0 Å². The first-order chi connectivity index (χ1) is 8.16. The summed E-state index contributed by atoms with van der Waals surface area (Å²) in [5.74, 6) is -0.965. The zero-order valence-corrected chi connectivity index (χ0v) is 10.9. The number of aromatic nitrogens is 2. The number of benzene rings is 1. The molecule has 0 amide bonds. The highest BCUT2D eigenvalue weighted by atomic mass is 79.9. The lowest BCUT2D eigenvalue weighted by Crippen LogP contribution is -1.97. The SMILES string of the molecule is O=C(O)c1cc(Sc2ncccn2)ccc1Br. The van der Waals surface area contributed by atoms with Gasteiger partial charge < -0.3 is 5.11 Å². The van der Waals surface area contributed by atoms with E-state index in [4.69, 9.17) is 5.11 Å². The van der Waals surface area contributed by atoms with E-state index < -0.39 is 5.97 Å². The van der Waals surface area contributed by atoms with Crippen molar-refractivity contribution in [2.75, 3.05) is 0 Å². The Labute approximate surface area is 110 Å². The Hall–Kier alpha value is -1.40. The minimum absolute atomic E-state index is 0.228. The summed E-state index contributed by atoms with van der Waals surface area (Å²) in [6.07, 6.45) is 3.29. The Morgan fingerprint density at radius 1 is 1.29 bits per heavy atom. The van der Waals surface area contributed by atoms with Crippen molar-refractivity contribution in [3.05, 3.63) is 46.7 Å². The summed E-state index contributed by atoms with van der Waals surface area (Å²) in [5.41, 5.74) is 0.228. The molecule has 1 heterocycles. The zero-order chi connectivity index (χ0) is 12.3. The van der Waals surface area contributed by atoms with Gasteiger partial charge in [0.1, 0.15) is 0 Å². The fourth-order valence-corrected chi connectivity index (χ4v) is 2.34. The van der Waals surface area contributed by atoms with Crippen molar-refractivity contribution in [2.45, 2.75) is 10.1 Å². The number of nitrogens with zero attached hydrogens (tertiary/aromatic N) is 2. The van der Waals surface area contributed by atoms with Crippen molar-refractivity contribution < 1.29 is 9.90 Å². The van der Waals surface area contributed by atoms with Crippen LogP contribution in [0.4, 0.5) is 0 Å². The largest absolute Gasteiger partial charge is 0.478 e. The van der Waals surface area contributed by atoms with Gasteiger partial charge in [-0.05, 0) is 52.0 Å². The molecule has 0 aliphatic carbocycles. The van der Waals surface area contributed by atoms with Crippen molar-refractivity contribution in [1.29, 1.82) is 0 Å². The molecule has 4 nitrogen and oxygen atoms in total. The maximum absolute atomic E-state index is 11.0. The number of carboxylic acid groups (broad SMARTS) is 1. The van der Waals surface area contributed by atoms with E-state index in [1.807, 2.05) is 6.07 Å². The molecule has 0 unspecified atom stereocenters. The molecular weight excluding hydrogens is 304 g/mol. The number of hydrogen-bond donors (Lipinski definition) is 1. The van der Waals surface area contributed by atoms with Gasteiger partial charge in [0, 0.05) is 21.8 Å². The van der Waals surface area contributed by atoms with E-state index in [1.165, 1.54) is 11.8 Å². The van der Waals surface area contributed by atoms with Gasteiger partial charge in [-0.2, -0.15) is 0 Å². The lowest BCUT2D eigenvalue weighted by molar-refractivity contribution is 0.0695. The van der Waals surface area contributed by atoms with Crippen LogP contribution in [0.5, 0.6) is 0 Å². The smallest absolute Gasteiger partial charge is 0.336 e. The first-order valence-electron chi connectivity index (χ1n) is 4.64. The zero-order valence-electron chi connectivity index (χ0n) is 8.50. The van der Waals surface area contributed by atoms with Gasteiger partial charge >= 0.3 is 5.97 Å². The second-order valence-electron chi connectivity index (χ2n) is 3.08. The molecule has 1 N–H and O–H groups in total. The average Bonchev–Trinajstić information content (AvgIpc) is 2.32. The van der Waals surface area contributed by atoms with Gasteiger partial charge in [0.2, 0.25) is 0 Å². The monoisotopic (exact) mass is 310 g/mol. The number of rotatable bonds is 3. The van der Waals surface area contributed by atoms with Crippen LogP contribution < -0.4 is 0 Å². The summed E-state index contributed by atoms with van der Waals surface area (Å²) in [7, 11) is 0. The van der Waals surface area contributed by atoms with Crippen LogP contribution in [0.25, 0.3) is 0 Å². The highest BCUT2D eigenvalue weighted by Gasteiger charge is 2.10. The highest BCUT2D eigenvalue weighted by molar-refractivity contribution is 9.10. The van der Waals surface area contributed by atoms with E-state index in [0.29, 0.717) is 9.63 Å². The summed E-state index contributed by atoms with van der Waals surface area (Å²) < 4.78 is 0.559. The Bertz CT molecular complexity index is 548. The summed E-state index contributed by atoms with van der Waals surface area (Å²) in [6.45, 7) is 0. The van der Waals surface area contributed by atoms with E-state index in [1.54, 1.807) is 30.6 Å². The molecule has 2 rings (SSSR count). The Morgan fingerprint density at radius 3 is 2.65 bits per heavy atom. The van der Waals surface area contributed by atoms with Crippen LogP contribution in [0, 0.1) is 0 Å². The predicted molar refractivity (Wildman–Crippen MR) is 67.3 cm³/mol. The van der Waals surface area contributed by atoms with E-state index in [0.717, 1.165) is 4.90 Å². The predicted octanol–water partition coefficient (Wildman–Crippen LogP) is 3.09. The number of carbonyl (C=O) groups is 1. The molecule has 86 valence electrons. The van der Waals surface area contributed by atoms with Crippen molar-refractivity contribution in [1.82, 2.24) is 9.97 Å². The maximum Gasteiger partial charge on any atom is 0.336 e. The third kappa shape index (κ3) is 3.04. The van der Waals surface area contributed by atoms with Crippen molar-refractivity contribution in [3.8, 4) is 0 Å². The van der Waals surface area contributed by atoms with Crippen LogP contribution >= 0.6 is 27.7 Å². The molecule has 1 aromatic heterocycles. The van der Waals surface area contributed by atoms with Crippen LogP contribution in [0.1, 0.15) is 10.4 Å². The van der Waals surface area contributed by atoms with Crippen molar-refractivity contribution >= 4 is 33.7 Å². The quantitative estimate of drug-likeness (QED) is 0.883. The van der Waals surface area contributed by atoms with Crippen LogP contribution in [0.3, 0.4) is 0 Å². The van der Waals surface area contributed by atoms with Gasteiger partial charge in [0.05, 0.1) is 5.56 Å². The molecule has 17 heavy (non-hydrogen) atoms. The normalized spacial score (nSPS) is 10.2. The van der Waals surface area contributed by atoms with Gasteiger partial charge in [-0.3, -0.25) is 0 Å². The molecular formula is C11H7BrN2O2S. The molecule has 0 saturated carbocycles. The molecule has 0 bridgehead atoms. The molecule has 0 saturated heterocycles. The minimum atomic E-state index is -0.965. The van der Waals surface area contributed by atoms with Crippen LogP contribution in [-0.4, -0.2) is 21.0 Å². The standard InChI is InChI=1S/C11H7BrN2O2S/c12-9-3-2-7(6-8(9)10(15)16)17-11-13-4-1-5-14-11/h1-6H,(H,15,16). The topological polar surface area (TPSA) is 63.1 Å². The summed E-state index contributed by atoms with van der Waals surface area (Å²) in [6, 6.07) is 6.84. The van der Waals surface area contributed by atoms with Gasteiger partial charge in [0.25, 0.3) is 0 Å². The number of aromatic carboxylic acids is 1. The summed E-state index contributed by atoms with van der Waals surface area (Å²) in [5, 5.41) is 9.57. The molecule has 6 heteroatoms. The maximum atomic E-state index is 11.0. The first-order valence-corrected chi connectivity index (χ1v) is 6.25. The van der Waals surface area contributed by atoms with Crippen LogP contribution in [0.15, 0.2) is 51.2 Å². The van der Waals surface area contributed by atoms with Crippen LogP contribution in [-0.2, 0) is 0 Å². The highest BCUT2D eigenvalue weighted by Crippen LogP contribution is 2.28. The van der Waals surface area contributed by atoms with Gasteiger partial charge in [-0.25, -0.2) is 14.8 Å². The summed E-state index contributed by atoms with van der Waals surface area (Å²) >= 11 is 4.52. The molecule has 0 atom stereocenters. The van der Waals surface area contributed by atoms with Crippen LogP contribution in [0.2, 0.25) is 0 Å². The number of halogens is 1. The molecule has 0 aliphatic rings. The van der Waals surface area contributed by atoms with E-state index in [2.05, 4.69) is 25.9 Å². The fraction of sp³-hybridized carbons (Fsp3) is 0. The molecule has 0 fully saturated rings. The fourth-order valence-electron chi connectivity index (χ4n) is 1.18. The minimum Gasteiger partial charge on any atom is -0.478 e. The Morgan fingerprint density at radius 2 is 2.00 bits per heavy atom. The van der Waals surface area contributed by atoms with E-state index >= 15 is 0 Å². The number of carboxylic acids is 1. The second-order valence-corrected chi connectivity index (χ2v) is 4.98. The Balaban J connectivity index is 2.29. The first kappa shape index (κ1) is 12.1. The second kappa shape index (κ2) is 5.29. The average molecular weight is 311 g/mol. The summed E-state index contributed by atoms with van der Waals surface area (Å²) in [4.78, 5) is 19.9.